The van der Waals surface area contributed by atoms with E-state index >= 15 is 0 Å². The van der Waals surface area contributed by atoms with Gasteiger partial charge in [0.1, 0.15) is 5.82 Å². The molecule has 0 spiro atoms. The minimum atomic E-state index is -0.553. The number of hydrogen-bond donors (Lipinski definition) is 2. The molecule has 0 bridgehead atoms. The van der Waals surface area contributed by atoms with Crippen LogP contribution < -0.4 is 11.1 Å². The molecule has 0 atom stereocenters. The molecule has 0 aliphatic carbocycles. The van der Waals surface area contributed by atoms with E-state index < -0.39 is 11.4 Å². The van der Waals surface area contributed by atoms with E-state index in [0.717, 1.165) is 0 Å². The zero-order valence-corrected chi connectivity index (χ0v) is 8.79. The average molecular weight is 235 g/mol. The zero-order chi connectivity index (χ0) is 10.3. The van der Waals surface area contributed by atoms with E-state index in [4.69, 9.17) is 28.9 Å². The molecule has 1 saturated heterocycles. The molecule has 3 N–H and O–H groups in total. The second kappa shape index (κ2) is 3.35. The molecular formula is C9H9Cl2FN2. The molecule has 0 radical (unpaired) electrons. The summed E-state index contributed by atoms with van der Waals surface area (Å²) in [6.45, 7) is 1.21. The van der Waals surface area contributed by atoms with Crippen molar-refractivity contribution < 1.29 is 4.39 Å². The lowest BCUT2D eigenvalue weighted by atomic mass is 9.85. The van der Waals surface area contributed by atoms with Gasteiger partial charge in [-0.2, -0.15) is 0 Å². The summed E-state index contributed by atoms with van der Waals surface area (Å²) in [5.74, 6) is -0.484. The number of benzene rings is 1. The van der Waals surface area contributed by atoms with Gasteiger partial charge in [0.2, 0.25) is 0 Å². The van der Waals surface area contributed by atoms with Crippen LogP contribution in [0.15, 0.2) is 12.1 Å². The first-order valence-corrected chi connectivity index (χ1v) is 4.93. The Morgan fingerprint density at radius 3 is 2.43 bits per heavy atom. The smallest absolute Gasteiger partial charge is 0.142 e. The zero-order valence-electron chi connectivity index (χ0n) is 7.28. The Hall–Kier alpha value is -0.350. The average Bonchev–Trinajstić information content (AvgIpc) is 2.07. The van der Waals surface area contributed by atoms with Crippen molar-refractivity contribution in [2.75, 3.05) is 13.1 Å². The van der Waals surface area contributed by atoms with Gasteiger partial charge in [-0.3, -0.25) is 0 Å². The van der Waals surface area contributed by atoms with Crippen molar-refractivity contribution in [1.82, 2.24) is 5.32 Å². The monoisotopic (exact) mass is 234 g/mol. The quantitative estimate of drug-likeness (QED) is 0.729. The fraction of sp³-hybridized carbons (Fsp3) is 0.333. The molecule has 5 heteroatoms. The summed E-state index contributed by atoms with van der Waals surface area (Å²) in [4.78, 5) is 0. The third-order valence-corrected chi connectivity index (χ3v) is 3.03. The third kappa shape index (κ3) is 1.50. The van der Waals surface area contributed by atoms with Crippen LogP contribution in [0.1, 0.15) is 5.56 Å². The van der Waals surface area contributed by atoms with Crippen LogP contribution >= 0.6 is 23.2 Å². The molecule has 1 aliphatic rings. The maximum atomic E-state index is 13.2. The first-order chi connectivity index (χ1) is 6.53. The van der Waals surface area contributed by atoms with Gasteiger partial charge in [0.15, 0.2) is 0 Å². The third-order valence-electron chi connectivity index (χ3n) is 2.43. The highest BCUT2D eigenvalue weighted by Crippen LogP contribution is 2.32. The van der Waals surface area contributed by atoms with Gasteiger partial charge >= 0.3 is 0 Å². The molecular weight excluding hydrogens is 226 g/mol. The summed E-state index contributed by atoms with van der Waals surface area (Å²) in [7, 11) is 0. The van der Waals surface area contributed by atoms with Gasteiger partial charge in [-0.1, -0.05) is 23.2 Å². The molecule has 2 nitrogen and oxygen atoms in total. The van der Waals surface area contributed by atoms with E-state index in [-0.39, 0.29) is 5.02 Å². The Morgan fingerprint density at radius 2 is 1.93 bits per heavy atom. The minimum Gasteiger partial charge on any atom is -0.319 e. The van der Waals surface area contributed by atoms with E-state index in [1.54, 1.807) is 0 Å². The van der Waals surface area contributed by atoms with Crippen LogP contribution in [-0.4, -0.2) is 13.1 Å². The normalized spacial score (nSPS) is 19.1. The Balaban J connectivity index is 2.48. The van der Waals surface area contributed by atoms with E-state index in [1.165, 1.54) is 12.1 Å². The van der Waals surface area contributed by atoms with Crippen molar-refractivity contribution in [3.05, 3.63) is 33.6 Å². The second-order valence-electron chi connectivity index (χ2n) is 3.51. The van der Waals surface area contributed by atoms with Crippen LogP contribution in [0.3, 0.4) is 0 Å². The lowest BCUT2D eigenvalue weighted by Gasteiger charge is -2.40. The largest absolute Gasteiger partial charge is 0.319 e. The summed E-state index contributed by atoms with van der Waals surface area (Å²) < 4.78 is 13.2. The molecule has 0 saturated carbocycles. The molecule has 14 heavy (non-hydrogen) atoms. The number of halogens is 3. The Labute approximate surface area is 91.2 Å². The van der Waals surface area contributed by atoms with Crippen LogP contribution in [0.2, 0.25) is 10.0 Å². The van der Waals surface area contributed by atoms with Crippen LogP contribution in [0.25, 0.3) is 0 Å². The molecule has 76 valence electrons. The molecule has 2 rings (SSSR count). The highest BCUT2D eigenvalue weighted by atomic mass is 35.5. The maximum Gasteiger partial charge on any atom is 0.142 e. The summed E-state index contributed by atoms with van der Waals surface area (Å²) >= 11 is 11.5. The fourth-order valence-corrected chi connectivity index (χ4v) is 2.06. The van der Waals surface area contributed by atoms with Gasteiger partial charge < -0.3 is 11.1 Å². The van der Waals surface area contributed by atoms with Crippen LogP contribution in [0.5, 0.6) is 0 Å². The Bertz CT molecular complexity index is 377. The summed E-state index contributed by atoms with van der Waals surface area (Å²) in [6.07, 6.45) is 0. The van der Waals surface area contributed by atoms with E-state index in [9.17, 15) is 4.39 Å². The Morgan fingerprint density at radius 1 is 1.29 bits per heavy atom. The van der Waals surface area contributed by atoms with Crippen LogP contribution in [0, 0.1) is 5.82 Å². The van der Waals surface area contributed by atoms with Gasteiger partial charge in [-0.05, 0) is 17.7 Å². The first kappa shape index (κ1) is 10.2. The Kier molecular flexibility index (Phi) is 2.43. The van der Waals surface area contributed by atoms with Crippen LogP contribution in [-0.2, 0) is 5.54 Å². The highest BCUT2D eigenvalue weighted by molar-refractivity contribution is 6.35. The molecule has 1 heterocycles. The first-order valence-electron chi connectivity index (χ1n) is 4.17. The van der Waals surface area contributed by atoms with Crippen molar-refractivity contribution in [3.8, 4) is 0 Å². The fourth-order valence-electron chi connectivity index (χ4n) is 1.49. The van der Waals surface area contributed by atoms with Crippen molar-refractivity contribution in [1.29, 1.82) is 0 Å². The summed E-state index contributed by atoms with van der Waals surface area (Å²) in [5, 5.41) is 3.46. The predicted octanol–water partition coefficient (Wildman–Crippen LogP) is 1.89. The molecule has 1 aliphatic heterocycles. The van der Waals surface area contributed by atoms with Crippen LogP contribution in [0.4, 0.5) is 4.39 Å². The number of nitrogens with one attached hydrogen (secondary N) is 1. The highest BCUT2D eigenvalue weighted by Gasteiger charge is 2.36. The summed E-state index contributed by atoms with van der Waals surface area (Å²) in [6, 6.07) is 2.70. The number of nitrogens with two attached hydrogens (primary N) is 1. The van der Waals surface area contributed by atoms with E-state index in [1.807, 2.05) is 0 Å². The summed E-state index contributed by atoms with van der Waals surface area (Å²) in [5.41, 5.74) is 6.05. The molecule has 0 amide bonds. The van der Waals surface area contributed by atoms with Gasteiger partial charge in [0, 0.05) is 18.1 Å². The number of rotatable bonds is 1. The van der Waals surface area contributed by atoms with Gasteiger partial charge in [0.25, 0.3) is 0 Å². The van der Waals surface area contributed by atoms with Crippen molar-refractivity contribution in [2.24, 2.45) is 5.73 Å². The number of hydrogen-bond acceptors (Lipinski definition) is 2. The van der Waals surface area contributed by atoms with Crippen molar-refractivity contribution >= 4 is 23.2 Å². The van der Waals surface area contributed by atoms with E-state index in [0.29, 0.717) is 23.7 Å². The van der Waals surface area contributed by atoms with Gasteiger partial charge in [-0.15, -0.1) is 0 Å². The SMILES string of the molecule is NC1(c2cc(F)c(Cl)cc2Cl)CNC1. The minimum absolute atomic E-state index is 0.0228. The lowest BCUT2D eigenvalue weighted by Crippen LogP contribution is -2.62. The molecule has 1 fully saturated rings. The molecule has 1 aromatic carbocycles. The van der Waals surface area contributed by atoms with E-state index in [2.05, 4.69) is 5.32 Å². The standard InChI is InChI=1S/C9H9Cl2FN2/c10-6-2-7(11)8(12)1-5(6)9(13)3-14-4-9/h1-2,14H,3-4,13H2. The van der Waals surface area contributed by atoms with Crippen molar-refractivity contribution in [3.63, 3.8) is 0 Å². The molecule has 0 unspecified atom stereocenters. The van der Waals surface area contributed by atoms with Crippen molar-refractivity contribution in [2.45, 2.75) is 5.54 Å². The lowest BCUT2D eigenvalue weighted by molar-refractivity contribution is 0.286. The topological polar surface area (TPSA) is 38.0 Å². The molecule has 0 aromatic heterocycles. The predicted molar refractivity (Wildman–Crippen MR) is 55.2 cm³/mol. The second-order valence-corrected chi connectivity index (χ2v) is 4.32. The molecule has 1 aromatic rings. The maximum absolute atomic E-state index is 13.2. The van der Waals surface area contributed by atoms with Gasteiger partial charge in [-0.25, -0.2) is 4.39 Å². The van der Waals surface area contributed by atoms with Gasteiger partial charge in [0.05, 0.1) is 10.6 Å².